The summed E-state index contributed by atoms with van der Waals surface area (Å²) in [7, 11) is -3.55. The number of sulfonamides is 1. The van der Waals surface area contributed by atoms with E-state index in [9.17, 15) is 8.42 Å². The van der Waals surface area contributed by atoms with Gasteiger partial charge in [-0.25, -0.2) is 18.4 Å². The molecule has 7 rings (SSSR count). The van der Waals surface area contributed by atoms with Crippen LogP contribution in [0.4, 0.5) is 17.6 Å². The van der Waals surface area contributed by atoms with Gasteiger partial charge in [0.2, 0.25) is 16.0 Å². The Bertz CT molecular complexity index is 1730. The fraction of sp³-hybridized carbons (Fsp3) is 0.500. The Morgan fingerprint density at radius 2 is 1.88 bits per heavy atom. The summed E-state index contributed by atoms with van der Waals surface area (Å²) in [5, 5.41) is 6.12. The summed E-state index contributed by atoms with van der Waals surface area (Å²) in [5.41, 5.74) is 5.67. The average Bonchev–Trinajstić information content (AvgIpc) is 3.38. The Morgan fingerprint density at radius 3 is 2.71 bits per heavy atom. The van der Waals surface area contributed by atoms with Crippen LogP contribution in [0.1, 0.15) is 47.8 Å². The Morgan fingerprint density at radius 1 is 1.02 bits per heavy atom. The number of fused-ring (bicyclic) bond motifs is 3. The number of ether oxygens (including phenoxy) is 2. The number of hydrogen-bond acceptors (Lipinski definition) is 10. The van der Waals surface area contributed by atoms with Crippen LogP contribution in [0.3, 0.4) is 0 Å². The average molecular weight is 579 g/mol. The summed E-state index contributed by atoms with van der Waals surface area (Å²) < 4.78 is 40.2. The van der Waals surface area contributed by atoms with Crippen molar-refractivity contribution in [1.29, 1.82) is 0 Å². The lowest BCUT2D eigenvalue weighted by Crippen LogP contribution is -2.39. The van der Waals surface area contributed by atoms with Crippen LogP contribution in [-0.2, 0) is 32.5 Å². The molecule has 3 aliphatic rings. The molecule has 1 unspecified atom stereocenters. The highest BCUT2D eigenvalue weighted by Gasteiger charge is 2.32. The second kappa shape index (κ2) is 10.4. The van der Waals surface area contributed by atoms with Gasteiger partial charge in [0.05, 0.1) is 55.6 Å². The number of aromatic nitrogens is 5. The van der Waals surface area contributed by atoms with Gasteiger partial charge in [0.25, 0.3) is 0 Å². The molecule has 13 heteroatoms. The van der Waals surface area contributed by atoms with E-state index in [4.69, 9.17) is 24.5 Å². The predicted molar refractivity (Wildman–Crippen MR) is 156 cm³/mol. The van der Waals surface area contributed by atoms with Crippen LogP contribution >= 0.6 is 0 Å². The maximum absolute atomic E-state index is 12.1. The first-order valence-electron chi connectivity index (χ1n) is 14.2. The van der Waals surface area contributed by atoms with Crippen molar-refractivity contribution >= 4 is 44.2 Å². The SMILES string of the molecule is Cc1cccc2nc(NS(C)(=O)=O)nc(N3CCCCC3c3cc4nc5c(c(N6CCOCC6)n4n3)COCC5)c12. The smallest absolute Gasteiger partial charge is 0.239 e. The number of piperidine rings is 1. The van der Waals surface area contributed by atoms with Crippen molar-refractivity contribution in [1.82, 2.24) is 24.6 Å². The zero-order valence-electron chi connectivity index (χ0n) is 23.3. The molecule has 0 spiro atoms. The number of nitrogens with zero attached hydrogens (tertiary/aromatic N) is 7. The van der Waals surface area contributed by atoms with Gasteiger partial charge in [-0.1, -0.05) is 12.1 Å². The van der Waals surface area contributed by atoms with Crippen LogP contribution in [0.25, 0.3) is 16.6 Å². The Balaban J connectivity index is 1.37. The second-order valence-corrected chi connectivity index (χ2v) is 12.8. The van der Waals surface area contributed by atoms with Crippen molar-refractivity contribution < 1.29 is 17.9 Å². The lowest BCUT2D eigenvalue weighted by molar-refractivity contribution is 0.106. The molecule has 0 bridgehead atoms. The standard InChI is InChI=1S/C28H34N8O4S/c1-18-6-5-7-21-25(18)26(31-28(30-21)33-41(2,37)38)35-10-4-3-8-23(35)22-16-24-29-20-9-13-40-17-19(20)27(36(24)32-22)34-11-14-39-15-12-34/h5-7,16,23H,3-4,8-15,17H2,1-2H3,(H,30,31,33). The molecule has 1 aromatic carbocycles. The van der Waals surface area contributed by atoms with Crippen molar-refractivity contribution in [2.24, 2.45) is 0 Å². The number of rotatable bonds is 5. The van der Waals surface area contributed by atoms with Crippen molar-refractivity contribution in [2.45, 2.75) is 45.3 Å². The molecule has 4 aromatic rings. The third-order valence-electron chi connectivity index (χ3n) is 8.12. The molecule has 12 nitrogen and oxygen atoms in total. The highest BCUT2D eigenvalue weighted by atomic mass is 32.2. The lowest BCUT2D eigenvalue weighted by Gasteiger charge is -2.36. The fourth-order valence-electron chi connectivity index (χ4n) is 6.29. The first kappa shape index (κ1) is 26.4. The van der Waals surface area contributed by atoms with E-state index in [1.807, 2.05) is 29.6 Å². The molecule has 1 atom stereocenters. The predicted octanol–water partition coefficient (Wildman–Crippen LogP) is 2.99. The minimum absolute atomic E-state index is 0.0555. The van der Waals surface area contributed by atoms with Crippen molar-refractivity contribution in [3.8, 4) is 0 Å². The second-order valence-electron chi connectivity index (χ2n) is 11.0. The Labute approximate surface area is 238 Å². The van der Waals surface area contributed by atoms with Gasteiger partial charge in [0.1, 0.15) is 11.6 Å². The molecule has 0 aliphatic carbocycles. The Kier molecular flexibility index (Phi) is 6.67. The Hall–Kier alpha value is -3.55. The van der Waals surface area contributed by atoms with Crippen LogP contribution in [-0.4, -0.2) is 78.7 Å². The molecule has 1 N–H and O–H groups in total. The van der Waals surface area contributed by atoms with Gasteiger partial charge < -0.3 is 19.3 Å². The zero-order valence-corrected chi connectivity index (χ0v) is 24.2. The maximum Gasteiger partial charge on any atom is 0.239 e. The molecular formula is C28H34N8O4S. The van der Waals surface area contributed by atoms with Gasteiger partial charge in [-0.05, 0) is 37.8 Å². The molecule has 6 heterocycles. The summed E-state index contributed by atoms with van der Waals surface area (Å²) in [6, 6.07) is 7.91. The van der Waals surface area contributed by atoms with Crippen molar-refractivity contribution in [2.75, 3.05) is 60.2 Å². The van der Waals surface area contributed by atoms with E-state index in [-0.39, 0.29) is 12.0 Å². The number of morpholine rings is 1. The number of anilines is 3. The third kappa shape index (κ3) is 4.95. The lowest BCUT2D eigenvalue weighted by atomic mass is 9.98. The molecule has 216 valence electrons. The first-order valence-corrected chi connectivity index (χ1v) is 16.1. The molecular weight excluding hydrogens is 544 g/mol. The molecule has 2 saturated heterocycles. The quantitative estimate of drug-likeness (QED) is 0.378. The summed E-state index contributed by atoms with van der Waals surface area (Å²) in [5.74, 6) is 1.84. The first-order chi connectivity index (χ1) is 19.9. The maximum atomic E-state index is 12.1. The molecule has 0 amide bonds. The van der Waals surface area contributed by atoms with Gasteiger partial charge in [-0.15, -0.1) is 0 Å². The summed E-state index contributed by atoms with van der Waals surface area (Å²) in [4.78, 5) is 19.0. The minimum Gasteiger partial charge on any atom is -0.378 e. The molecule has 0 radical (unpaired) electrons. The normalized spacial score (nSPS) is 20.0. The van der Waals surface area contributed by atoms with Gasteiger partial charge >= 0.3 is 0 Å². The van der Waals surface area contributed by atoms with E-state index in [0.29, 0.717) is 31.9 Å². The van der Waals surface area contributed by atoms with Crippen LogP contribution in [0.15, 0.2) is 24.3 Å². The van der Waals surface area contributed by atoms with Crippen LogP contribution < -0.4 is 14.5 Å². The largest absolute Gasteiger partial charge is 0.378 e. The van der Waals surface area contributed by atoms with Gasteiger partial charge in [0, 0.05) is 43.1 Å². The minimum atomic E-state index is -3.55. The molecule has 3 aliphatic heterocycles. The van der Waals surface area contributed by atoms with E-state index >= 15 is 0 Å². The molecule has 3 aromatic heterocycles. The summed E-state index contributed by atoms with van der Waals surface area (Å²) >= 11 is 0. The van der Waals surface area contributed by atoms with E-state index in [0.717, 1.165) is 96.8 Å². The number of hydrogen-bond donors (Lipinski definition) is 1. The van der Waals surface area contributed by atoms with Crippen molar-refractivity contribution in [3.63, 3.8) is 0 Å². The molecule has 41 heavy (non-hydrogen) atoms. The fourth-order valence-corrected chi connectivity index (χ4v) is 6.71. The number of aryl methyl sites for hydroxylation is 1. The van der Waals surface area contributed by atoms with Gasteiger partial charge in [-0.3, -0.25) is 4.72 Å². The van der Waals surface area contributed by atoms with Crippen LogP contribution in [0.2, 0.25) is 0 Å². The van der Waals surface area contributed by atoms with Crippen LogP contribution in [0, 0.1) is 6.92 Å². The zero-order chi connectivity index (χ0) is 28.1. The highest BCUT2D eigenvalue weighted by Crippen LogP contribution is 2.39. The van der Waals surface area contributed by atoms with Crippen LogP contribution in [0.5, 0.6) is 0 Å². The topological polar surface area (TPSA) is 127 Å². The van der Waals surface area contributed by atoms with E-state index in [1.165, 1.54) is 0 Å². The highest BCUT2D eigenvalue weighted by molar-refractivity contribution is 7.92. The van der Waals surface area contributed by atoms with E-state index in [2.05, 4.69) is 25.6 Å². The van der Waals surface area contributed by atoms with Gasteiger partial charge in [-0.2, -0.15) is 14.6 Å². The summed E-state index contributed by atoms with van der Waals surface area (Å²) in [6.45, 7) is 6.93. The number of nitrogens with one attached hydrogen (secondary N) is 1. The third-order valence-corrected chi connectivity index (χ3v) is 8.68. The van der Waals surface area contributed by atoms with Gasteiger partial charge in [0.15, 0.2) is 5.65 Å². The number of benzene rings is 1. The van der Waals surface area contributed by atoms with E-state index < -0.39 is 10.0 Å². The van der Waals surface area contributed by atoms with Crippen molar-refractivity contribution in [3.05, 3.63) is 46.8 Å². The monoisotopic (exact) mass is 578 g/mol. The molecule has 0 saturated carbocycles. The molecule has 2 fully saturated rings. The summed E-state index contributed by atoms with van der Waals surface area (Å²) in [6.07, 6.45) is 4.84. The van der Waals surface area contributed by atoms with E-state index in [1.54, 1.807) is 0 Å².